The maximum absolute atomic E-state index is 14.7. The molecule has 2 aliphatic heterocycles. The Bertz CT molecular complexity index is 2230. The van der Waals surface area contributed by atoms with E-state index in [9.17, 15) is 19.7 Å². The second-order valence-corrected chi connectivity index (χ2v) is 14.3. The fourth-order valence-corrected chi connectivity index (χ4v) is 6.84. The highest BCUT2D eigenvalue weighted by Crippen LogP contribution is 2.43. The smallest absolute Gasteiger partial charge is 0.368 e. The number of aromatic nitrogens is 4. The van der Waals surface area contributed by atoms with E-state index >= 15 is 0 Å². The van der Waals surface area contributed by atoms with Crippen LogP contribution in [0.15, 0.2) is 83.4 Å². The lowest BCUT2D eigenvalue weighted by atomic mass is 10.00. The normalized spacial score (nSPS) is 14.8. The molecule has 0 fully saturated rings. The van der Waals surface area contributed by atoms with Crippen LogP contribution in [0.3, 0.4) is 0 Å². The van der Waals surface area contributed by atoms with Crippen molar-refractivity contribution in [1.29, 1.82) is 0 Å². The third-order valence-electron chi connectivity index (χ3n) is 9.29. The van der Waals surface area contributed by atoms with E-state index in [1.165, 1.54) is 19.1 Å². The molecule has 0 bridgehead atoms. The highest BCUT2D eigenvalue weighted by atomic mass is 35.5. The summed E-state index contributed by atoms with van der Waals surface area (Å²) in [4.78, 5) is 55.0. The zero-order chi connectivity index (χ0) is 39.4. The van der Waals surface area contributed by atoms with Gasteiger partial charge in [0.2, 0.25) is 5.95 Å². The minimum absolute atomic E-state index is 0.0961. The van der Waals surface area contributed by atoms with Gasteiger partial charge in [-0.15, -0.1) is 0 Å². The molecule has 2 aromatic heterocycles. The molecule has 4 heterocycles. The van der Waals surface area contributed by atoms with Gasteiger partial charge in [-0.3, -0.25) is 19.3 Å². The Morgan fingerprint density at radius 3 is 2.69 bits per heavy atom. The van der Waals surface area contributed by atoms with E-state index < -0.39 is 17.0 Å². The van der Waals surface area contributed by atoms with E-state index in [2.05, 4.69) is 20.4 Å². The SMILES string of the molecule is COc1cc(OC)c(Cl)c(N2Cc3cnc(Nc4ccn(C)n4)nc3N(C(C)c3cccc(CC(=O)/C=C/C[N+](C)(C)CC4=C([N+](=O)[O-])N=CC4)c3)C2=O)c1. The quantitative estimate of drug-likeness (QED) is 0.0651. The number of carbonyl (C=O) groups excluding carboxylic acids is 2. The van der Waals surface area contributed by atoms with Crippen molar-refractivity contribution in [1.82, 2.24) is 19.7 Å². The number of likely N-dealkylation sites (N-methyl/N-ethyl adjacent to an activating group) is 1. The number of carbonyl (C=O) groups is 2. The zero-order valence-electron chi connectivity index (χ0n) is 31.4. The maximum Gasteiger partial charge on any atom is 0.368 e. The molecule has 1 unspecified atom stereocenters. The first-order valence-corrected chi connectivity index (χ1v) is 17.8. The fourth-order valence-electron chi connectivity index (χ4n) is 6.55. The van der Waals surface area contributed by atoms with Crippen molar-refractivity contribution in [3.05, 3.63) is 110 Å². The predicted molar refractivity (Wildman–Crippen MR) is 209 cm³/mol. The molecule has 0 saturated carbocycles. The van der Waals surface area contributed by atoms with Gasteiger partial charge in [0.25, 0.3) is 0 Å². The summed E-state index contributed by atoms with van der Waals surface area (Å²) < 4.78 is 13.1. The van der Waals surface area contributed by atoms with Gasteiger partial charge in [0, 0.05) is 56.0 Å². The summed E-state index contributed by atoms with van der Waals surface area (Å²) in [7, 11) is 8.71. The largest absolute Gasteiger partial charge is 0.497 e. The Morgan fingerprint density at radius 1 is 1.18 bits per heavy atom. The predicted octanol–water partition coefficient (Wildman–Crippen LogP) is 6.04. The number of benzene rings is 2. The van der Waals surface area contributed by atoms with E-state index in [-0.39, 0.29) is 35.5 Å². The lowest BCUT2D eigenvalue weighted by Crippen LogP contribution is -2.49. The number of methoxy groups -OCH3 is 2. The minimum atomic E-state index is -0.556. The van der Waals surface area contributed by atoms with Crippen LogP contribution in [0.5, 0.6) is 11.5 Å². The molecule has 0 radical (unpaired) electrons. The third kappa shape index (κ3) is 8.66. The van der Waals surface area contributed by atoms with Crippen LogP contribution in [-0.2, 0) is 24.8 Å². The van der Waals surface area contributed by atoms with E-state index in [0.717, 1.165) is 11.1 Å². The summed E-state index contributed by atoms with van der Waals surface area (Å²) >= 11 is 6.80. The van der Waals surface area contributed by atoms with Gasteiger partial charge in [-0.25, -0.2) is 9.78 Å². The molecule has 286 valence electrons. The molecule has 6 rings (SSSR count). The average molecular weight is 770 g/mol. The number of hydrogen-bond acceptors (Lipinski definition) is 11. The zero-order valence-corrected chi connectivity index (χ0v) is 32.1. The molecule has 17 heteroatoms. The van der Waals surface area contributed by atoms with Crippen LogP contribution < -0.4 is 24.6 Å². The number of ketones is 1. The van der Waals surface area contributed by atoms with Gasteiger partial charge in [-0.2, -0.15) is 10.1 Å². The number of anilines is 4. The second-order valence-electron chi connectivity index (χ2n) is 13.9. The summed E-state index contributed by atoms with van der Waals surface area (Å²) in [5, 5.41) is 19.0. The average Bonchev–Trinajstić information content (AvgIpc) is 3.79. The number of allylic oxidation sites excluding steroid dienone is 1. The number of ether oxygens (including phenoxy) is 2. The molecule has 1 atom stereocenters. The van der Waals surface area contributed by atoms with Gasteiger partial charge < -0.3 is 29.4 Å². The van der Waals surface area contributed by atoms with E-state index in [1.54, 1.807) is 65.6 Å². The first-order valence-electron chi connectivity index (χ1n) is 17.4. The fraction of sp³-hybridized carbons (Fsp3) is 0.316. The number of urea groups is 1. The van der Waals surface area contributed by atoms with Crippen molar-refractivity contribution in [3.63, 3.8) is 0 Å². The first kappa shape index (κ1) is 38.6. The molecule has 4 aromatic rings. The van der Waals surface area contributed by atoms with Crippen molar-refractivity contribution < 1.29 is 28.5 Å². The van der Waals surface area contributed by atoms with Gasteiger partial charge in [-0.1, -0.05) is 40.9 Å². The number of aliphatic imine (C=N–C) groups is 1. The molecule has 2 aromatic carbocycles. The van der Waals surface area contributed by atoms with E-state index in [4.69, 9.17) is 26.1 Å². The number of fused-ring (bicyclic) bond motifs is 1. The van der Waals surface area contributed by atoms with Crippen LogP contribution in [0.4, 0.5) is 28.1 Å². The first-order chi connectivity index (χ1) is 26.3. The van der Waals surface area contributed by atoms with Crippen LogP contribution in [0, 0.1) is 10.1 Å². The van der Waals surface area contributed by atoms with Crippen molar-refractivity contribution in [2.45, 2.75) is 32.4 Å². The van der Waals surface area contributed by atoms with Crippen LogP contribution >= 0.6 is 11.6 Å². The van der Waals surface area contributed by atoms with Gasteiger partial charge in [-0.05, 0) is 35.1 Å². The lowest BCUT2D eigenvalue weighted by molar-refractivity contribution is -0.880. The number of halogens is 1. The topological polar surface area (TPSA) is 170 Å². The van der Waals surface area contributed by atoms with Crippen LogP contribution in [0.1, 0.15) is 36.1 Å². The van der Waals surface area contributed by atoms with Crippen LogP contribution in [-0.4, -0.2) is 88.6 Å². The molecule has 16 nitrogen and oxygen atoms in total. The molecule has 0 aliphatic carbocycles. The Labute approximate surface area is 323 Å². The monoisotopic (exact) mass is 769 g/mol. The number of aryl methyl sites for hydroxylation is 1. The van der Waals surface area contributed by atoms with E-state index in [0.29, 0.717) is 64.0 Å². The minimum Gasteiger partial charge on any atom is -0.497 e. The number of hydrogen-bond donors (Lipinski definition) is 1. The molecule has 1 N–H and O–H groups in total. The number of rotatable bonds is 15. The number of nitrogens with zero attached hydrogens (tertiary/aromatic N) is 9. The molecular formula is C38H42ClN10O6+. The Balaban J connectivity index is 1.26. The molecule has 0 saturated heterocycles. The van der Waals surface area contributed by atoms with Crippen molar-refractivity contribution in [2.75, 3.05) is 56.5 Å². The Morgan fingerprint density at radius 2 is 1.98 bits per heavy atom. The third-order valence-corrected chi connectivity index (χ3v) is 9.67. The summed E-state index contributed by atoms with van der Waals surface area (Å²) in [6.45, 7) is 2.94. The number of nitrogens with one attached hydrogen (secondary N) is 1. The number of amides is 2. The summed E-state index contributed by atoms with van der Waals surface area (Å²) in [6.07, 6.45) is 8.93. The van der Waals surface area contributed by atoms with Crippen LogP contribution in [0.2, 0.25) is 5.02 Å². The second kappa shape index (κ2) is 16.1. The van der Waals surface area contributed by atoms with Crippen molar-refractivity contribution >= 4 is 52.9 Å². The molecule has 0 spiro atoms. The lowest BCUT2D eigenvalue weighted by Gasteiger charge is -2.39. The standard InChI is InChI=1S/C38H42ClN10O6/c1-24(26-10-7-9-25(17-26)18-29(50)11-8-16-49(3,4)23-27-12-14-40-35(27)48(52)53)47-36-28(21-41-37(43-36)42-33-13-15-45(2)44-33)22-46(38(47)51)31-19-30(54-5)20-32(55-6)34(31)39/h7-11,13-15,17,19-21,24H,12,16,18,22-23H2,1-6H3,(H,41,42,43,44)/q+1/b11-8+. The summed E-state index contributed by atoms with van der Waals surface area (Å²) in [5.41, 5.74) is 3.26. The Hall–Kier alpha value is -6.13. The van der Waals surface area contributed by atoms with Gasteiger partial charge in [0.1, 0.15) is 35.1 Å². The summed E-state index contributed by atoms with van der Waals surface area (Å²) in [5.74, 6) is 1.81. The van der Waals surface area contributed by atoms with Gasteiger partial charge in [0.05, 0.1) is 58.7 Å². The van der Waals surface area contributed by atoms with Crippen molar-refractivity contribution in [2.24, 2.45) is 12.0 Å². The summed E-state index contributed by atoms with van der Waals surface area (Å²) in [6, 6.07) is 11.7. The highest BCUT2D eigenvalue weighted by molar-refractivity contribution is 6.35. The number of quaternary nitrogens is 1. The van der Waals surface area contributed by atoms with Gasteiger partial charge >= 0.3 is 11.9 Å². The molecule has 2 amide bonds. The highest BCUT2D eigenvalue weighted by Gasteiger charge is 2.38. The number of nitro groups is 1. The van der Waals surface area contributed by atoms with Gasteiger partial charge in [0.15, 0.2) is 11.6 Å². The molecule has 2 aliphatic rings. The van der Waals surface area contributed by atoms with Crippen LogP contribution in [0.25, 0.3) is 0 Å². The molecule has 55 heavy (non-hydrogen) atoms. The Kier molecular flexibility index (Phi) is 11.3. The maximum atomic E-state index is 14.7. The molecular weight excluding hydrogens is 728 g/mol. The van der Waals surface area contributed by atoms with Crippen molar-refractivity contribution in [3.8, 4) is 11.5 Å². The van der Waals surface area contributed by atoms with E-state index in [1.807, 2.05) is 45.3 Å².